The van der Waals surface area contributed by atoms with Crippen LogP contribution < -0.4 is 0 Å². The minimum absolute atomic E-state index is 0.102. The molecule has 0 saturated carbocycles. The van der Waals surface area contributed by atoms with Gasteiger partial charge in [0.1, 0.15) is 19.3 Å². The molecule has 0 spiro atoms. The molecule has 0 amide bonds. The van der Waals surface area contributed by atoms with Crippen molar-refractivity contribution in [3.05, 3.63) is 24.3 Å². The normalized spacial score (nSPS) is 14.0. The predicted octanol–water partition coefficient (Wildman–Crippen LogP) is 24.2. The molecule has 0 aliphatic rings. The first-order chi connectivity index (χ1) is 48.9. The van der Waals surface area contributed by atoms with Gasteiger partial charge in [0.2, 0.25) is 0 Å². The Morgan fingerprint density at radius 2 is 0.535 bits per heavy atom. The molecule has 0 aromatic carbocycles. The van der Waals surface area contributed by atoms with E-state index < -0.39 is 97.5 Å². The number of hydrogen-bond acceptors (Lipinski definition) is 15. The fraction of sp³-hybridized carbons (Fsp3) is 0.902. The molecule has 0 aromatic heterocycles. The second-order valence-corrected chi connectivity index (χ2v) is 32.7. The van der Waals surface area contributed by atoms with Crippen LogP contribution in [0.3, 0.4) is 0 Å². The van der Waals surface area contributed by atoms with Crippen LogP contribution in [0, 0.1) is 11.8 Å². The summed E-state index contributed by atoms with van der Waals surface area (Å²) >= 11 is 0. The van der Waals surface area contributed by atoms with Crippen LogP contribution in [0.25, 0.3) is 0 Å². The quantitative estimate of drug-likeness (QED) is 0.0169. The van der Waals surface area contributed by atoms with Crippen molar-refractivity contribution in [2.45, 2.75) is 426 Å². The third-order valence-corrected chi connectivity index (χ3v) is 20.5. The molecule has 17 nitrogen and oxygen atoms in total. The third-order valence-electron chi connectivity index (χ3n) is 18.6. The molecule has 101 heavy (non-hydrogen) atoms. The second kappa shape index (κ2) is 73.1. The molecule has 0 aromatic rings. The topological polar surface area (TPSA) is 237 Å². The van der Waals surface area contributed by atoms with Gasteiger partial charge >= 0.3 is 39.5 Å². The number of carbonyl (C=O) groups excluding carboxylic acids is 4. The predicted molar refractivity (Wildman–Crippen MR) is 414 cm³/mol. The summed E-state index contributed by atoms with van der Waals surface area (Å²) in [5.41, 5.74) is 0. The summed E-state index contributed by atoms with van der Waals surface area (Å²) in [6.45, 7) is 9.49. The molecule has 0 radical (unpaired) electrons. The van der Waals surface area contributed by atoms with Gasteiger partial charge in [-0.05, 0) is 63.2 Å². The fourth-order valence-corrected chi connectivity index (χ4v) is 13.8. The summed E-state index contributed by atoms with van der Waals surface area (Å²) in [7, 11) is -9.93. The van der Waals surface area contributed by atoms with Crippen LogP contribution in [0.1, 0.15) is 408 Å². The molecule has 5 atom stereocenters. The zero-order valence-electron chi connectivity index (χ0n) is 65.7. The van der Waals surface area contributed by atoms with E-state index in [-0.39, 0.29) is 25.7 Å². The van der Waals surface area contributed by atoms with E-state index in [1.807, 2.05) is 0 Å². The SMILES string of the molecule is CCCCCC/C=C\C=C/CCCCCCCC(=O)OC[C@H](COP(=O)(O)OC[C@@H](O)COP(=O)(O)OC[C@@H](COC(=O)CCCCCCCCC(C)C)OC(=O)CCCCCCCCCCCCCCC(C)C)OC(=O)CCCCCCCCCCCCCCCCCCCCCCCC. The Morgan fingerprint density at radius 1 is 0.307 bits per heavy atom. The zero-order chi connectivity index (χ0) is 74.2. The summed E-state index contributed by atoms with van der Waals surface area (Å²) in [4.78, 5) is 73.0. The number of allylic oxidation sites excluding steroid dienone is 4. The van der Waals surface area contributed by atoms with Gasteiger partial charge in [0.15, 0.2) is 12.2 Å². The van der Waals surface area contributed by atoms with Crippen LogP contribution in [-0.4, -0.2) is 96.7 Å². The highest BCUT2D eigenvalue weighted by molar-refractivity contribution is 7.47. The lowest BCUT2D eigenvalue weighted by Gasteiger charge is -2.21. The first kappa shape index (κ1) is 98.5. The Morgan fingerprint density at radius 3 is 0.812 bits per heavy atom. The molecule has 2 unspecified atom stereocenters. The van der Waals surface area contributed by atoms with Gasteiger partial charge in [-0.3, -0.25) is 37.3 Å². The van der Waals surface area contributed by atoms with Crippen molar-refractivity contribution < 1.29 is 80.2 Å². The van der Waals surface area contributed by atoms with E-state index in [9.17, 15) is 43.2 Å². The highest BCUT2D eigenvalue weighted by Crippen LogP contribution is 2.45. The molecule has 0 bridgehead atoms. The lowest BCUT2D eigenvalue weighted by Crippen LogP contribution is -2.30. The van der Waals surface area contributed by atoms with Crippen molar-refractivity contribution in [1.82, 2.24) is 0 Å². The fourth-order valence-electron chi connectivity index (χ4n) is 12.2. The summed E-state index contributed by atoms with van der Waals surface area (Å²) in [5, 5.41) is 10.6. The molecule has 0 rings (SSSR count). The van der Waals surface area contributed by atoms with Gasteiger partial charge in [0.05, 0.1) is 26.4 Å². The highest BCUT2D eigenvalue weighted by atomic mass is 31.2. The van der Waals surface area contributed by atoms with Crippen LogP contribution in [-0.2, 0) is 65.4 Å². The number of aliphatic hydroxyl groups excluding tert-OH is 1. The maximum absolute atomic E-state index is 13.1. The Bertz CT molecular complexity index is 2040. The first-order valence-corrected chi connectivity index (χ1v) is 44.8. The third kappa shape index (κ3) is 75.6. The molecular formula is C82H156O17P2. The van der Waals surface area contributed by atoms with Gasteiger partial charge in [-0.25, -0.2) is 9.13 Å². The number of aliphatic hydroxyl groups is 1. The van der Waals surface area contributed by atoms with E-state index in [2.05, 4.69) is 65.8 Å². The largest absolute Gasteiger partial charge is 0.472 e. The summed E-state index contributed by atoms with van der Waals surface area (Å²) < 4.78 is 68.6. The van der Waals surface area contributed by atoms with Gasteiger partial charge in [-0.2, -0.15) is 0 Å². The number of ether oxygens (including phenoxy) is 4. The van der Waals surface area contributed by atoms with E-state index >= 15 is 0 Å². The van der Waals surface area contributed by atoms with Crippen LogP contribution in [0.2, 0.25) is 0 Å². The number of carbonyl (C=O) groups is 4. The number of unbranched alkanes of at least 4 members (excludes halogenated alkanes) is 46. The standard InChI is InChI=1S/C82H156O17P2/c1-7-9-11-13-15-17-19-21-23-24-25-26-27-28-29-31-33-38-42-46-54-60-66-81(86)98-77(70-92-79(84)64-58-52-45-41-37-32-30-22-20-18-16-14-12-10-8-2)72-96-100(88,89)94-68-76(83)69-95-101(90,91)97-73-78(71-93-80(85)65-59-53-49-48-51-57-63-75(5)6)99-82(87)67-61-55-47-43-39-35-34-36-40-44-50-56-62-74(3)4/h18,20,22,30,74-78,83H,7-17,19,21,23-29,31-73H2,1-6H3,(H,88,89)(H,90,91)/b20-18-,30-22-/t76-,77-,78-/m1/s1. The summed E-state index contributed by atoms with van der Waals surface area (Å²) in [5.74, 6) is -0.689. The minimum atomic E-state index is -4.97. The average Bonchev–Trinajstić information content (AvgIpc) is 0.947. The molecule has 3 N–H and O–H groups in total. The maximum Gasteiger partial charge on any atom is 0.472 e. The van der Waals surface area contributed by atoms with Gasteiger partial charge in [0.25, 0.3) is 0 Å². The van der Waals surface area contributed by atoms with Gasteiger partial charge < -0.3 is 33.8 Å². The molecule has 0 aliphatic carbocycles. The van der Waals surface area contributed by atoms with E-state index in [0.717, 1.165) is 121 Å². The molecule has 0 heterocycles. The highest BCUT2D eigenvalue weighted by Gasteiger charge is 2.30. The number of phosphoric acid groups is 2. The van der Waals surface area contributed by atoms with Crippen LogP contribution in [0.15, 0.2) is 24.3 Å². The Labute approximate surface area is 618 Å². The molecule has 19 heteroatoms. The molecule has 0 saturated heterocycles. The van der Waals surface area contributed by atoms with Crippen LogP contribution in [0.5, 0.6) is 0 Å². The first-order valence-electron chi connectivity index (χ1n) is 41.8. The van der Waals surface area contributed by atoms with Crippen molar-refractivity contribution in [2.75, 3.05) is 39.6 Å². The van der Waals surface area contributed by atoms with Crippen LogP contribution >= 0.6 is 15.6 Å². The Hall–Kier alpha value is -2.46. The van der Waals surface area contributed by atoms with Crippen molar-refractivity contribution in [2.24, 2.45) is 11.8 Å². The van der Waals surface area contributed by atoms with Gasteiger partial charge in [-0.15, -0.1) is 0 Å². The van der Waals surface area contributed by atoms with Crippen molar-refractivity contribution in [3.8, 4) is 0 Å². The number of rotatable bonds is 79. The molecular weight excluding hydrogens is 1320 g/mol. The zero-order valence-corrected chi connectivity index (χ0v) is 67.5. The second-order valence-electron chi connectivity index (χ2n) is 29.8. The Kier molecular flexibility index (Phi) is 71.3. The number of hydrogen-bond donors (Lipinski definition) is 3. The average molecular weight is 1480 g/mol. The smallest absolute Gasteiger partial charge is 0.462 e. The lowest BCUT2D eigenvalue weighted by molar-refractivity contribution is -0.161. The number of esters is 4. The van der Waals surface area contributed by atoms with Crippen molar-refractivity contribution in [1.29, 1.82) is 0 Å². The molecule has 0 aliphatic heterocycles. The Balaban J connectivity index is 5.23. The van der Waals surface area contributed by atoms with E-state index in [1.54, 1.807) is 0 Å². The molecule has 596 valence electrons. The van der Waals surface area contributed by atoms with Crippen molar-refractivity contribution >= 4 is 39.5 Å². The summed E-state index contributed by atoms with van der Waals surface area (Å²) in [6.07, 6.45) is 66.3. The van der Waals surface area contributed by atoms with E-state index in [0.29, 0.717) is 31.6 Å². The van der Waals surface area contributed by atoms with Crippen molar-refractivity contribution in [3.63, 3.8) is 0 Å². The maximum atomic E-state index is 13.1. The van der Waals surface area contributed by atoms with Gasteiger partial charge in [-0.1, -0.05) is 355 Å². The van der Waals surface area contributed by atoms with Crippen LogP contribution in [0.4, 0.5) is 0 Å². The summed E-state index contributed by atoms with van der Waals surface area (Å²) in [6, 6.07) is 0. The lowest BCUT2D eigenvalue weighted by atomic mass is 10.0. The molecule has 0 fully saturated rings. The monoisotopic (exact) mass is 1480 g/mol. The van der Waals surface area contributed by atoms with Gasteiger partial charge in [0, 0.05) is 25.7 Å². The van der Waals surface area contributed by atoms with E-state index in [4.69, 9.17) is 37.0 Å². The number of phosphoric ester groups is 2. The minimum Gasteiger partial charge on any atom is -0.462 e. The van der Waals surface area contributed by atoms with E-state index in [1.165, 1.54) is 199 Å².